The maximum Gasteiger partial charge on any atom is 0.302 e. The summed E-state index contributed by atoms with van der Waals surface area (Å²) in [6.07, 6.45) is 17.2. The molecule has 3 saturated carbocycles. The Kier molecular flexibility index (Phi) is 6.67. The van der Waals surface area contributed by atoms with Gasteiger partial charge in [0.25, 0.3) is 0 Å². The van der Waals surface area contributed by atoms with Crippen LogP contribution in [0.3, 0.4) is 0 Å². The molecule has 4 aliphatic rings. The Labute approximate surface area is 198 Å². The van der Waals surface area contributed by atoms with Crippen molar-refractivity contribution in [2.24, 2.45) is 45.8 Å². The van der Waals surface area contributed by atoms with Crippen LogP contribution in [-0.2, 0) is 9.53 Å². The first-order chi connectivity index (χ1) is 15.0. The smallest absolute Gasteiger partial charge is 0.302 e. The highest BCUT2D eigenvalue weighted by atomic mass is 16.5. The van der Waals surface area contributed by atoms with Gasteiger partial charge in [0.05, 0.1) is 0 Å². The highest BCUT2D eigenvalue weighted by molar-refractivity contribution is 5.66. The van der Waals surface area contributed by atoms with Crippen molar-refractivity contribution in [1.82, 2.24) is 0 Å². The molecule has 0 N–H and O–H groups in total. The van der Waals surface area contributed by atoms with Gasteiger partial charge in [-0.3, -0.25) is 4.79 Å². The Bertz CT molecular complexity index is 737. The average Bonchev–Trinajstić information content (AvgIpc) is 2.99. The highest BCUT2D eigenvalue weighted by Crippen LogP contribution is 2.72. The molecule has 0 aromatic rings. The van der Waals surface area contributed by atoms with Crippen molar-refractivity contribution in [3.63, 3.8) is 0 Å². The number of hydrogen-bond acceptors (Lipinski definition) is 2. The van der Waals surface area contributed by atoms with Crippen molar-refractivity contribution in [3.8, 4) is 0 Å². The minimum atomic E-state index is -0.105. The molecule has 3 fully saturated rings. The van der Waals surface area contributed by atoms with Crippen LogP contribution in [-0.4, -0.2) is 12.1 Å². The molecule has 2 heteroatoms. The standard InChI is InChI=1S/C30H50O2/c1-20(2)9-8-10-21(3)25-14-17-30(7)27-12-11-23-19-24(32-22(4)31)13-16-28(23,5)26(27)15-18-29(25,30)6/h12,20-21,23-26H,8-11,13-19H2,1-7H3/t21-,23-,24-,25+,26+,28-,29-,30+/m1/s1. The Morgan fingerprint density at radius 3 is 2.50 bits per heavy atom. The quantitative estimate of drug-likeness (QED) is 0.305. The fourth-order valence-electron chi connectivity index (χ4n) is 9.21. The Morgan fingerprint density at radius 2 is 1.81 bits per heavy atom. The summed E-state index contributed by atoms with van der Waals surface area (Å²) in [7, 11) is 0. The Morgan fingerprint density at radius 1 is 1.06 bits per heavy atom. The van der Waals surface area contributed by atoms with Crippen LogP contribution in [0.4, 0.5) is 0 Å². The van der Waals surface area contributed by atoms with Gasteiger partial charge in [0.15, 0.2) is 0 Å². The fraction of sp³-hybridized carbons (Fsp3) is 0.900. The van der Waals surface area contributed by atoms with Crippen molar-refractivity contribution in [2.75, 3.05) is 0 Å². The summed E-state index contributed by atoms with van der Waals surface area (Å²) in [4.78, 5) is 11.5. The first-order valence-electron chi connectivity index (χ1n) is 13.9. The predicted molar refractivity (Wildman–Crippen MR) is 133 cm³/mol. The molecular weight excluding hydrogens is 392 g/mol. The SMILES string of the molecule is CC(=O)O[C@@H]1CC[C@]2(C)[C@H](CC=C3[C@@H]2CC[C@]2(C)[C@H]([C@H](C)CCCC(C)C)CC[C@@]32C)C1. The number of hydrogen-bond donors (Lipinski definition) is 0. The van der Waals surface area contributed by atoms with Crippen LogP contribution in [0, 0.1) is 45.8 Å². The normalized spacial score (nSPS) is 44.3. The molecule has 0 bridgehead atoms. The summed E-state index contributed by atoms with van der Waals surface area (Å²) in [6, 6.07) is 0. The number of fused-ring (bicyclic) bond motifs is 5. The second-order valence-corrected chi connectivity index (χ2v) is 13.4. The zero-order chi connectivity index (χ0) is 23.3. The maximum atomic E-state index is 11.5. The summed E-state index contributed by atoms with van der Waals surface area (Å²) < 4.78 is 5.65. The molecule has 0 radical (unpaired) electrons. The van der Waals surface area contributed by atoms with Gasteiger partial charge >= 0.3 is 5.97 Å². The van der Waals surface area contributed by atoms with Gasteiger partial charge in [-0.1, -0.05) is 72.5 Å². The minimum absolute atomic E-state index is 0.105. The van der Waals surface area contributed by atoms with Gasteiger partial charge in [-0.15, -0.1) is 0 Å². The highest BCUT2D eigenvalue weighted by Gasteiger charge is 2.63. The lowest BCUT2D eigenvalue weighted by molar-refractivity contribution is -0.152. The van der Waals surface area contributed by atoms with Crippen LogP contribution in [0.25, 0.3) is 0 Å². The number of ether oxygens (including phenoxy) is 1. The van der Waals surface area contributed by atoms with E-state index in [9.17, 15) is 4.79 Å². The van der Waals surface area contributed by atoms with Crippen LogP contribution in [0.15, 0.2) is 11.6 Å². The lowest BCUT2D eigenvalue weighted by Crippen LogP contribution is -2.53. The zero-order valence-corrected chi connectivity index (χ0v) is 22.1. The zero-order valence-electron chi connectivity index (χ0n) is 22.1. The first kappa shape index (κ1) is 24.3. The number of esters is 1. The fourth-order valence-corrected chi connectivity index (χ4v) is 9.21. The van der Waals surface area contributed by atoms with E-state index in [2.05, 4.69) is 47.6 Å². The van der Waals surface area contributed by atoms with Gasteiger partial charge in [0, 0.05) is 6.92 Å². The van der Waals surface area contributed by atoms with E-state index in [1.54, 1.807) is 6.92 Å². The maximum absolute atomic E-state index is 11.5. The molecule has 0 spiro atoms. The van der Waals surface area contributed by atoms with Crippen molar-refractivity contribution in [2.45, 2.75) is 125 Å². The molecule has 0 amide bonds. The predicted octanol–water partition coefficient (Wildman–Crippen LogP) is 8.35. The van der Waals surface area contributed by atoms with Gasteiger partial charge in [-0.2, -0.15) is 0 Å². The molecule has 0 heterocycles. The van der Waals surface area contributed by atoms with E-state index in [4.69, 9.17) is 4.74 Å². The molecule has 0 aromatic heterocycles. The first-order valence-corrected chi connectivity index (χ1v) is 13.9. The molecule has 4 aliphatic carbocycles. The second-order valence-electron chi connectivity index (χ2n) is 13.4. The third kappa shape index (κ3) is 3.90. The van der Waals surface area contributed by atoms with E-state index in [0.29, 0.717) is 22.2 Å². The van der Waals surface area contributed by atoms with E-state index >= 15 is 0 Å². The van der Waals surface area contributed by atoms with Crippen LogP contribution >= 0.6 is 0 Å². The lowest BCUT2D eigenvalue weighted by atomic mass is 9.43. The van der Waals surface area contributed by atoms with Crippen molar-refractivity contribution in [3.05, 3.63) is 11.6 Å². The van der Waals surface area contributed by atoms with Crippen LogP contribution < -0.4 is 0 Å². The Balaban J connectivity index is 1.53. The Hall–Kier alpha value is -0.790. The van der Waals surface area contributed by atoms with E-state index in [0.717, 1.165) is 36.5 Å². The molecular formula is C30H50O2. The lowest BCUT2D eigenvalue weighted by Gasteiger charge is -2.61. The molecule has 182 valence electrons. The number of allylic oxidation sites excluding steroid dienone is 2. The van der Waals surface area contributed by atoms with Crippen molar-refractivity contribution < 1.29 is 9.53 Å². The second kappa shape index (κ2) is 8.77. The van der Waals surface area contributed by atoms with Crippen molar-refractivity contribution in [1.29, 1.82) is 0 Å². The number of carbonyl (C=O) groups excluding carboxylic acids is 1. The molecule has 2 nitrogen and oxygen atoms in total. The average molecular weight is 443 g/mol. The molecule has 0 aromatic carbocycles. The van der Waals surface area contributed by atoms with Crippen molar-refractivity contribution >= 4 is 5.97 Å². The third-order valence-corrected chi connectivity index (χ3v) is 11.4. The summed E-state index contributed by atoms with van der Waals surface area (Å²) >= 11 is 0. The molecule has 4 rings (SSSR count). The summed E-state index contributed by atoms with van der Waals surface area (Å²) in [5.41, 5.74) is 3.08. The minimum Gasteiger partial charge on any atom is -0.463 e. The molecule has 0 unspecified atom stereocenters. The third-order valence-electron chi connectivity index (χ3n) is 11.4. The molecule has 32 heavy (non-hydrogen) atoms. The van der Waals surface area contributed by atoms with Crippen LogP contribution in [0.1, 0.15) is 119 Å². The van der Waals surface area contributed by atoms with E-state index in [-0.39, 0.29) is 12.1 Å². The van der Waals surface area contributed by atoms with E-state index < -0.39 is 0 Å². The van der Waals surface area contributed by atoms with Gasteiger partial charge in [-0.05, 0) is 97.2 Å². The van der Waals surface area contributed by atoms with Gasteiger partial charge in [-0.25, -0.2) is 0 Å². The molecule has 8 atom stereocenters. The van der Waals surface area contributed by atoms with Crippen LogP contribution in [0.2, 0.25) is 0 Å². The molecule has 0 aliphatic heterocycles. The van der Waals surface area contributed by atoms with Gasteiger partial charge < -0.3 is 4.74 Å². The van der Waals surface area contributed by atoms with Crippen LogP contribution in [0.5, 0.6) is 0 Å². The van der Waals surface area contributed by atoms with Gasteiger partial charge in [0.1, 0.15) is 6.10 Å². The summed E-state index contributed by atoms with van der Waals surface area (Å²) in [5.74, 6) is 3.88. The summed E-state index contributed by atoms with van der Waals surface area (Å²) in [5, 5.41) is 0. The largest absolute Gasteiger partial charge is 0.463 e. The van der Waals surface area contributed by atoms with E-state index in [1.807, 2.05) is 5.57 Å². The monoisotopic (exact) mass is 442 g/mol. The van der Waals surface area contributed by atoms with E-state index in [1.165, 1.54) is 57.8 Å². The summed E-state index contributed by atoms with van der Waals surface area (Å²) in [6.45, 7) is 16.8. The van der Waals surface area contributed by atoms with Gasteiger partial charge in [0.2, 0.25) is 0 Å². The topological polar surface area (TPSA) is 26.3 Å². The number of rotatable bonds is 6. The number of carbonyl (C=O) groups is 1. The molecule has 0 saturated heterocycles.